The van der Waals surface area contributed by atoms with Crippen LogP contribution in [-0.2, 0) is 21.7 Å². The molecule has 1 nitrogen and oxygen atoms in total. The van der Waals surface area contributed by atoms with Crippen molar-refractivity contribution in [2.45, 2.75) is 114 Å². The summed E-state index contributed by atoms with van der Waals surface area (Å²) in [4.78, 5) is 0. The van der Waals surface area contributed by atoms with Gasteiger partial charge >= 0.3 is 0 Å². The number of hydrogen-bond acceptors (Lipinski definition) is 1. The average Bonchev–Trinajstić information content (AvgIpc) is 4.13. The molecule has 2 saturated carbocycles. The van der Waals surface area contributed by atoms with E-state index < -0.39 is 0 Å². The van der Waals surface area contributed by atoms with E-state index in [9.17, 15) is 0 Å². The van der Waals surface area contributed by atoms with Gasteiger partial charge in [-0.25, -0.2) is 0 Å². The molecule has 0 radical (unpaired) electrons. The molecule has 8 aromatic carbocycles. The molecule has 15 rings (SSSR count). The molecular formula is C66H56O. The minimum absolute atomic E-state index is 0.0226. The summed E-state index contributed by atoms with van der Waals surface area (Å²) in [5.41, 5.74) is 25.8. The summed E-state index contributed by atoms with van der Waals surface area (Å²) in [6.45, 7) is 9.74. The van der Waals surface area contributed by atoms with E-state index in [2.05, 4.69) is 173 Å². The third-order valence-corrected chi connectivity index (χ3v) is 18.7. The third kappa shape index (κ3) is 4.91. The first-order valence-electron chi connectivity index (χ1n) is 25.5. The maximum Gasteiger partial charge on any atom is 0.134 e. The van der Waals surface area contributed by atoms with Crippen LogP contribution in [0, 0.1) is 0 Å². The van der Waals surface area contributed by atoms with Crippen LogP contribution in [0.25, 0.3) is 88.7 Å². The van der Waals surface area contributed by atoms with Gasteiger partial charge in [0, 0.05) is 32.8 Å². The molecule has 0 unspecified atom stereocenters. The van der Waals surface area contributed by atoms with E-state index >= 15 is 0 Å². The molecule has 2 fully saturated rings. The minimum Gasteiger partial charge on any atom is -0.456 e. The summed E-state index contributed by atoms with van der Waals surface area (Å²) in [7, 11) is 0. The van der Waals surface area contributed by atoms with E-state index in [4.69, 9.17) is 4.42 Å². The second-order valence-electron chi connectivity index (χ2n) is 22.5. The second-order valence-corrected chi connectivity index (χ2v) is 22.5. The lowest BCUT2D eigenvalue weighted by Gasteiger charge is -2.36. The van der Waals surface area contributed by atoms with E-state index in [0.717, 1.165) is 11.5 Å². The van der Waals surface area contributed by atoms with E-state index in [-0.39, 0.29) is 21.7 Å². The summed E-state index contributed by atoms with van der Waals surface area (Å²) in [6, 6.07) is 57.1. The van der Waals surface area contributed by atoms with Crippen molar-refractivity contribution in [3.05, 3.63) is 190 Å². The molecule has 0 aliphatic heterocycles. The SMILES string of the molecule is CC1(C)c2cc3c(cc2-c2c1ccc1ccccc21)C1(CCCCC1)c1cc(-c2ccc(-c4ccc5c(c4)C4(CCCCC4)c4cc6c(cc4-5)C(C)(C)c4ccc5ccccc5c4-6)o2)ccc1-3. The van der Waals surface area contributed by atoms with Gasteiger partial charge in [0.2, 0.25) is 0 Å². The Hall–Kier alpha value is -6.44. The predicted octanol–water partition coefficient (Wildman–Crippen LogP) is 18.0. The van der Waals surface area contributed by atoms with Crippen LogP contribution in [0.3, 0.4) is 0 Å². The Morgan fingerprint density at radius 3 is 1.18 bits per heavy atom. The molecule has 2 spiro atoms. The zero-order chi connectivity index (χ0) is 44.6. The van der Waals surface area contributed by atoms with E-state index in [1.54, 1.807) is 11.1 Å². The Morgan fingerprint density at radius 2 is 0.731 bits per heavy atom. The molecule has 0 N–H and O–H groups in total. The van der Waals surface area contributed by atoms with Crippen LogP contribution in [0.1, 0.15) is 136 Å². The highest BCUT2D eigenvalue weighted by Crippen LogP contribution is 2.63. The topological polar surface area (TPSA) is 13.1 Å². The zero-order valence-electron chi connectivity index (χ0n) is 39.3. The van der Waals surface area contributed by atoms with Gasteiger partial charge in [-0.2, -0.15) is 0 Å². The number of furan rings is 1. The summed E-state index contributed by atoms with van der Waals surface area (Å²) in [5, 5.41) is 5.42. The lowest BCUT2D eigenvalue weighted by molar-refractivity contribution is 0.353. The van der Waals surface area contributed by atoms with Gasteiger partial charge in [0.05, 0.1) is 0 Å². The molecule has 0 atom stereocenters. The van der Waals surface area contributed by atoms with Crippen molar-refractivity contribution in [1.29, 1.82) is 0 Å². The molecule has 0 saturated heterocycles. The lowest BCUT2D eigenvalue weighted by Crippen LogP contribution is -2.28. The van der Waals surface area contributed by atoms with Crippen LogP contribution in [0.15, 0.2) is 150 Å². The first-order chi connectivity index (χ1) is 32.7. The average molecular weight is 865 g/mol. The van der Waals surface area contributed by atoms with E-state index in [1.165, 1.54) is 175 Å². The van der Waals surface area contributed by atoms with Crippen LogP contribution in [0.2, 0.25) is 0 Å². The maximum atomic E-state index is 7.03. The predicted molar refractivity (Wildman–Crippen MR) is 278 cm³/mol. The molecule has 9 aromatic rings. The van der Waals surface area contributed by atoms with Gasteiger partial charge in [-0.1, -0.05) is 163 Å². The van der Waals surface area contributed by atoms with E-state index in [0.29, 0.717) is 0 Å². The zero-order valence-corrected chi connectivity index (χ0v) is 39.3. The van der Waals surface area contributed by atoms with Crippen LogP contribution < -0.4 is 0 Å². The molecule has 6 aliphatic rings. The number of fused-ring (bicyclic) bond motifs is 20. The van der Waals surface area contributed by atoms with Crippen molar-refractivity contribution in [3.8, 4) is 67.2 Å². The van der Waals surface area contributed by atoms with Crippen molar-refractivity contribution in [2.24, 2.45) is 0 Å². The second kappa shape index (κ2) is 13.2. The van der Waals surface area contributed by atoms with Gasteiger partial charge < -0.3 is 4.42 Å². The largest absolute Gasteiger partial charge is 0.456 e. The van der Waals surface area contributed by atoms with Gasteiger partial charge in [0.25, 0.3) is 0 Å². The van der Waals surface area contributed by atoms with Crippen LogP contribution in [-0.4, -0.2) is 0 Å². The first-order valence-corrected chi connectivity index (χ1v) is 25.5. The Morgan fingerprint density at radius 1 is 0.328 bits per heavy atom. The molecule has 326 valence electrons. The van der Waals surface area contributed by atoms with Crippen molar-refractivity contribution >= 4 is 21.5 Å². The van der Waals surface area contributed by atoms with Crippen LogP contribution >= 0.6 is 0 Å². The number of benzene rings is 8. The molecule has 67 heavy (non-hydrogen) atoms. The highest BCUT2D eigenvalue weighted by Gasteiger charge is 2.49. The van der Waals surface area contributed by atoms with Gasteiger partial charge in [-0.15, -0.1) is 0 Å². The van der Waals surface area contributed by atoms with Crippen LogP contribution in [0.5, 0.6) is 0 Å². The molecule has 1 heterocycles. The summed E-state index contributed by atoms with van der Waals surface area (Å²) in [5.74, 6) is 1.92. The van der Waals surface area contributed by atoms with Crippen molar-refractivity contribution < 1.29 is 4.42 Å². The van der Waals surface area contributed by atoms with Gasteiger partial charge in [-0.05, 0) is 185 Å². The molecule has 0 amide bonds. The summed E-state index contributed by atoms with van der Waals surface area (Å²) >= 11 is 0. The standard InChI is InChI=1S/C66H56O/c1-63(2)51-25-21-39-15-7-9-17-43(39)61(51)49-37-57-47(35-53(49)63)45-23-19-41(33-55(45)65(57)29-11-5-12-30-65)59-27-28-60(67-59)42-20-24-46-48-36-54-50(38-58(48)66(56(46)34-42)31-13-6-14-32-66)62-44-18-10-8-16-40(44)22-26-52(62)64(54,3)4/h7-10,15-28,33-38H,5-6,11-14,29-32H2,1-4H3. The molecule has 6 aliphatic carbocycles. The van der Waals surface area contributed by atoms with Crippen molar-refractivity contribution in [2.75, 3.05) is 0 Å². The van der Waals surface area contributed by atoms with Gasteiger partial charge in [-0.3, -0.25) is 0 Å². The van der Waals surface area contributed by atoms with Crippen molar-refractivity contribution in [1.82, 2.24) is 0 Å². The first kappa shape index (κ1) is 38.6. The molecular weight excluding hydrogens is 809 g/mol. The Balaban J connectivity index is 0.824. The highest BCUT2D eigenvalue weighted by atomic mass is 16.3. The Kier molecular flexibility index (Phi) is 7.59. The van der Waals surface area contributed by atoms with Crippen LogP contribution in [0.4, 0.5) is 0 Å². The molecule has 0 bridgehead atoms. The number of hydrogen-bond donors (Lipinski definition) is 0. The monoisotopic (exact) mass is 864 g/mol. The van der Waals surface area contributed by atoms with Gasteiger partial charge in [0.1, 0.15) is 11.5 Å². The maximum absolute atomic E-state index is 7.03. The van der Waals surface area contributed by atoms with Gasteiger partial charge in [0.15, 0.2) is 0 Å². The quantitative estimate of drug-likeness (QED) is 0.169. The summed E-state index contributed by atoms with van der Waals surface area (Å²) in [6.07, 6.45) is 12.5. The fourth-order valence-corrected chi connectivity index (χ4v) is 15.3. The summed E-state index contributed by atoms with van der Waals surface area (Å²) < 4.78 is 7.03. The normalized spacial score (nSPS) is 18.9. The number of rotatable bonds is 2. The molecule has 1 heteroatoms. The highest BCUT2D eigenvalue weighted by molar-refractivity contribution is 6.05. The fraction of sp³-hybridized carbons (Fsp3) is 0.273. The molecule has 1 aromatic heterocycles. The fourth-order valence-electron chi connectivity index (χ4n) is 15.3. The Bertz CT molecular complexity index is 3410. The minimum atomic E-state index is -0.0633. The third-order valence-electron chi connectivity index (χ3n) is 18.7. The Labute approximate surface area is 394 Å². The van der Waals surface area contributed by atoms with E-state index in [1.807, 2.05) is 0 Å². The van der Waals surface area contributed by atoms with Crippen molar-refractivity contribution in [3.63, 3.8) is 0 Å². The smallest absolute Gasteiger partial charge is 0.134 e. The lowest BCUT2D eigenvalue weighted by atomic mass is 9.67.